The van der Waals surface area contributed by atoms with E-state index in [1.807, 2.05) is 25.1 Å². The summed E-state index contributed by atoms with van der Waals surface area (Å²) in [5.41, 5.74) is 2.14. The summed E-state index contributed by atoms with van der Waals surface area (Å²) in [6, 6.07) is 14.3. The van der Waals surface area contributed by atoms with Gasteiger partial charge >= 0.3 is 5.97 Å². The Morgan fingerprint density at radius 3 is 2.76 bits per heavy atom. The van der Waals surface area contributed by atoms with E-state index < -0.39 is 0 Å². The Kier molecular flexibility index (Phi) is 3.42. The molecular weight excluding hydrogens is 268 g/mol. The lowest BCUT2D eigenvalue weighted by Gasteiger charge is -2.07. The molecule has 6 heteroatoms. The van der Waals surface area contributed by atoms with E-state index in [4.69, 9.17) is 4.74 Å². The van der Waals surface area contributed by atoms with Crippen LogP contribution in [0.4, 0.5) is 0 Å². The predicted molar refractivity (Wildman–Crippen MR) is 75.3 cm³/mol. The minimum absolute atomic E-state index is 0.387. The molecule has 1 aromatic heterocycles. The van der Waals surface area contributed by atoms with E-state index in [1.54, 1.807) is 30.3 Å². The predicted octanol–water partition coefficient (Wildman–Crippen LogP) is 2.19. The quantitative estimate of drug-likeness (QED) is 0.543. The highest BCUT2D eigenvalue weighted by Gasteiger charge is 2.11. The van der Waals surface area contributed by atoms with Crippen LogP contribution in [0.2, 0.25) is 0 Å². The van der Waals surface area contributed by atoms with E-state index in [9.17, 15) is 4.79 Å². The third-order valence-electron chi connectivity index (χ3n) is 3.01. The molecule has 0 aliphatic rings. The van der Waals surface area contributed by atoms with Gasteiger partial charge < -0.3 is 4.74 Å². The molecule has 0 amide bonds. The van der Waals surface area contributed by atoms with Gasteiger partial charge in [-0.25, -0.2) is 9.48 Å². The van der Waals surface area contributed by atoms with Gasteiger partial charge in [0.05, 0.1) is 11.3 Å². The zero-order chi connectivity index (χ0) is 14.7. The van der Waals surface area contributed by atoms with Gasteiger partial charge in [0, 0.05) is 6.07 Å². The summed E-state index contributed by atoms with van der Waals surface area (Å²) in [6.07, 6.45) is 1.47. The molecule has 0 saturated heterocycles. The van der Waals surface area contributed by atoms with Crippen molar-refractivity contribution in [1.82, 2.24) is 20.2 Å². The average Bonchev–Trinajstić information content (AvgIpc) is 3.02. The molecule has 21 heavy (non-hydrogen) atoms. The highest BCUT2D eigenvalue weighted by molar-refractivity contribution is 5.92. The molecule has 0 unspecified atom stereocenters. The van der Waals surface area contributed by atoms with Crippen LogP contribution in [-0.2, 0) is 0 Å². The van der Waals surface area contributed by atoms with Crippen LogP contribution < -0.4 is 4.74 Å². The summed E-state index contributed by atoms with van der Waals surface area (Å²) in [7, 11) is 0. The fourth-order valence-electron chi connectivity index (χ4n) is 1.93. The molecule has 3 aromatic rings. The van der Waals surface area contributed by atoms with Gasteiger partial charge in [0.2, 0.25) is 0 Å². The number of carbonyl (C=O) groups is 1. The van der Waals surface area contributed by atoms with Crippen molar-refractivity contribution in [3.8, 4) is 11.4 Å². The van der Waals surface area contributed by atoms with Gasteiger partial charge in [-0.3, -0.25) is 0 Å². The van der Waals surface area contributed by atoms with E-state index >= 15 is 0 Å². The monoisotopic (exact) mass is 280 g/mol. The second-order valence-electron chi connectivity index (χ2n) is 4.46. The third kappa shape index (κ3) is 2.79. The van der Waals surface area contributed by atoms with Crippen LogP contribution in [0.1, 0.15) is 15.9 Å². The summed E-state index contributed by atoms with van der Waals surface area (Å²) in [5.74, 6) is 0.0539. The average molecular weight is 280 g/mol. The van der Waals surface area contributed by atoms with Crippen molar-refractivity contribution >= 4 is 5.97 Å². The van der Waals surface area contributed by atoms with Crippen molar-refractivity contribution in [3.05, 3.63) is 66.0 Å². The number of tetrazole rings is 1. The Hall–Kier alpha value is -3.02. The Bertz CT molecular complexity index is 769. The summed E-state index contributed by atoms with van der Waals surface area (Å²) in [4.78, 5) is 12.2. The lowest BCUT2D eigenvalue weighted by Crippen LogP contribution is -2.10. The van der Waals surface area contributed by atoms with Gasteiger partial charge in [-0.1, -0.05) is 24.3 Å². The lowest BCUT2D eigenvalue weighted by molar-refractivity contribution is 0.0734. The van der Waals surface area contributed by atoms with Crippen molar-refractivity contribution in [1.29, 1.82) is 0 Å². The van der Waals surface area contributed by atoms with Crippen molar-refractivity contribution < 1.29 is 9.53 Å². The van der Waals surface area contributed by atoms with Crippen LogP contribution in [0.15, 0.2) is 54.9 Å². The number of aryl methyl sites for hydroxylation is 1. The number of ether oxygens (including phenoxy) is 1. The molecule has 0 aliphatic carbocycles. The molecule has 0 spiro atoms. The Morgan fingerprint density at radius 1 is 1.14 bits per heavy atom. The molecular formula is C15H12N4O2. The van der Waals surface area contributed by atoms with Crippen LogP contribution in [0.5, 0.6) is 5.75 Å². The van der Waals surface area contributed by atoms with Crippen LogP contribution in [0, 0.1) is 6.92 Å². The van der Waals surface area contributed by atoms with Gasteiger partial charge in [-0.2, -0.15) is 0 Å². The summed E-state index contributed by atoms with van der Waals surface area (Å²) in [6.45, 7) is 1.87. The topological polar surface area (TPSA) is 69.9 Å². The smallest absolute Gasteiger partial charge is 0.343 e. The summed E-state index contributed by atoms with van der Waals surface area (Å²) in [5, 5.41) is 10.9. The van der Waals surface area contributed by atoms with Crippen molar-refractivity contribution in [2.24, 2.45) is 0 Å². The second kappa shape index (κ2) is 5.54. The van der Waals surface area contributed by atoms with Gasteiger partial charge in [0.25, 0.3) is 0 Å². The second-order valence-corrected chi connectivity index (χ2v) is 4.46. The first-order valence-corrected chi connectivity index (χ1v) is 6.35. The Morgan fingerprint density at radius 2 is 2.00 bits per heavy atom. The fraction of sp³-hybridized carbons (Fsp3) is 0.0667. The van der Waals surface area contributed by atoms with Gasteiger partial charge in [-0.05, 0) is 41.1 Å². The van der Waals surface area contributed by atoms with E-state index in [1.165, 1.54) is 11.0 Å². The first-order chi connectivity index (χ1) is 10.2. The highest BCUT2D eigenvalue weighted by atomic mass is 16.5. The van der Waals surface area contributed by atoms with E-state index in [-0.39, 0.29) is 5.97 Å². The molecule has 0 fully saturated rings. The first-order valence-electron chi connectivity index (χ1n) is 6.35. The molecule has 6 nitrogen and oxygen atoms in total. The normalized spacial score (nSPS) is 10.3. The first kappa shape index (κ1) is 13.0. The molecule has 1 heterocycles. The summed E-state index contributed by atoms with van der Waals surface area (Å²) < 4.78 is 6.89. The number of nitrogens with zero attached hydrogens (tertiary/aromatic N) is 4. The van der Waals surface area contributed by atoms with Crippen LogP contribution in [0.3, 0.4) is 0 Å². The molecule has 0 radical (unpaired) electrons. The van der Waals surface area contributed by atoms with Crippen molar-refractivity contribution in [2.45, 2.75) is 6.92 Å². The third-order valence-corrected chi connectivity index (χ3v) is 3.01. The van der Waals surface area contributed by atoms with Crippen LogP contribution in [-0.4, -0.2) is 26.2 Å². The molecule has 104 valence electrons. The number of hydrogen-bond acceptors (Lipinski definition) is 5. The standard InChI is InChI=1S/C15H12N4O2/c1-11-5-2-3-8-14(11)15(20)21-13-7-4-6-12(9-13)19-10-16-17-18-19/h2-10H,1H3. The largest absolute Gasteiger partial charge is 0.423 e. The minimum atomic E-state index is -0.387. The molecule has 0 N–H and O–H groups in total. The molecule has 3 rings (SSSR count). The maximum absolute atomic E-state index is 12.2. The zero-order valence-corrected chi connectivity index (χ0v) is 11.3. The summed E-state index contributed by atoms with van der Waals surface area (Å²) >= 11 is 0. The number of benzene rings is 2. The Balaban J connectivity index is 1.84. The van der Waals surface area contributed by atoms with Crippen LogP contribution in [0.25, 0.3) is 5.69 Å². The molecule has 0 bridgehead atoms. The van der Waals surface area contributed by atoms with Gasteiger partial charge in [0.15, 0.2) is 0 Å². The van der Waals surface area contributed by atoms with Crippen molar-refractivity contribution in [3.63, 3.8) is 0 Å². The number of carbonyl (C=O) groups excluding carboxylic acids is 1. The molecule has 0 saturated carbocycles. The molecule has 2 aromatic carbocycles. The van der Waals surface area contributed by atoms with Crippen LogP contribution >= 0.6 is 0 Å². The van der Waals surface area contributed by atoms with E-state index in [2.05, 4.69) is 15.5 Å². The van der Waals surface area contributed by atoms with Gasteiger partial charge in [0.1, 0.15) is 12.1 Å². The zero-order valence-electron chi connectivity index (χ0n) is 11.3. The van der Waals surface area contributed by atoms with Crippen molar-refractivity contribution in [2.75, 3.05) is 0 Å². The van der Waals surface area contributed by atoms with E-state index in [0.29, 0.717) is 11.3 Å². The number of aromatic nitrogens is 4. The number of esters is 1. The lowest BCUT2D eigenvalue weighted by atomic mass is 10.1. The maximum atomic E-state index is 12.2. The minimum Gasteiger partial charge on any atom is -0.423 e. The number of rotatable bonds is 3. The SMILES string of the molecule is Cc1ccccc1C(=O)Oc1cccc(-n2cnnn2)c1. The molecule has 0 atom stereocenters. The Labute approximate surface area is 121 Å². The number of hydrogen-bond donors (Lipinski definition) is 0. The fourth-order valence-corrected chi connectivity index (χ4v) is 1.93. The molecule has 0 aliphatic heterocycles. The van der Waals surface area contributed by atoms with Gasteiger partial charge in [-0.15, -0.1) is 5.10 Å². The van der Waals surface area contributed by atoms with E-state index in [0.717, 1.165) is 11.3 Å². The maximum Gasteiger partial charge on any atom is 0.343 e. The highest BCUT2D eigenvalue weighted by Crippen LogP contribution is 2.18.